The van der Waals surface area contributed by atoms with Gasteiger partial charge in [-0.2, -0.15) is 0 Å². The number of hydrogen-bond acceptors (Lipinski definition) is 5. The first kappa shape index (κ1) is 20.7. The van der Waals surface area contributed by atoms with E-state index in [-0.39, 0.29) is 18.0 Å². The highest BCUT2D eigenvalue weighted by Gasteiger charge is 2.23. The van der Waals surface area contributed by atoms with Crippen molar-refractivity contribution >= 4 is 11.7 Å². The highest BCUT2D eigenvalue weighted by Crippen LogP contribution is 2.21. The molecule has 1 atom stereocenters. The van der Waals surface area contributed by atoms with Crippen molar-refractivity contribution in [3.63, 3.8) is 0 Å². The fraction of sp³-hybridized carbons (Fsp3) is 0.261. The number of benzene rings is 1. The minimum Gasteiger partial charge on any atom is -0.439 e. The summed E-state index contributed by atoms with van der Waals surface area (Å²) in [5.74, 6) is 0.485. The predicted octanol–water partition coefficient (Wildman–Crippen LogP) is 4.62. The third-order valence-electron chi connectivity index (χ3n) is 4.86. The highest BCUT2D eigenvalue weighted by atomic mass is 19.1. The average Bonchev–Trinajstić information content (AvgIpc) is 3.30. The van der Waals surface area contributed by atoms with Crippen molar-refractivity contribution in [2.75, 3.05) is 18.5 Å². The number of amides is 2. The van der Waals surface area contributed by atoms with Crippen molar-refractivity contribution in [1.82, 2.24) is 14.9 Å². The molecule has 1 aromatic carbocycles. The van der Waals surface area contributed by atoms with Crippen LogP contribution in [-0.2, 0) is 11.3 Å². The van der Waals surface area contributed by atoms with Gasteiger partial charge in [-0.05, 0) is 54.8 Å². The molecule has 1 saturated heterocycles. The first-order valence-corrected chi connectivity index (χ1v) is 10.1. The summed E-state index contributed by atoms with van der Waals surface area (Å²) in [5, 5.41) is 2.88. The van der Waals surface area contributed by atoms with E-state index in [2.05, 4.69) is 15.3 Å². The third-order valence-corrected chi connectivity index (χ3v) is 4.86. The zero-order chi connectivity index (χ0) is 21.5. The van der Waals surface area contributed by atoms with E-state index in [9.17, 15) is 9.18 Å². The third kappa shape index (κ3) is 5.99. The molecule has 7 nitrogen and oxygen atoms in total. The fourth-order valence-corrected chi connectivity index (χ4v) is 3.31. The Morgan fingerprint density at radius 3 is 2.74 bits per heavy atom. The molecule has 3 aromatic rings. The summed E-state index contributed by atoms with van der Waals surface area (Å²) < 4.78 is 24.3. The Labute approximate surface area is 179 Å². The van der Waals surface area contributed by atoms with Gasteiger partial charge in [-0.15, -0.1) is 0 Å². The molecule has 0 bridgehead atoms. The summed E-state index contributed by atoms with van der Waals surface area (Å²) in [4.78, 5) is 23.0. The minimum absolute atomic E-state index is 0.0343. The molecule has 2 amide bonds. The first-order chi connectivity index (χ1) is 15.2. The number of anilines is 1. The second-order valence-corrected chi connectivity index (χ2v) is 7.25. The van der Waals surface area contributed by atoms with E-state index < -0.39 is 0 Å². The van der Waals surface area contributed by atoms with Crippen LogP contribution in [0.4, 0.5) is 14.9 Å². The summed E-state index contributed by atoms with van der Waals surface area (Å²) in [5.41, 5.74) is 1.48. The van der Waals surface area contributed by atoms with Gasteiger partial charge in [0.1, 0.15) is 11.6 Å². The van der Waals surface area contributed by atoms with Gasteiger partial charge in [-0.3, -0.25) is 4.98 Å². The second kappa shape index (κ2) is 9.99. The van der Waals surface area contributed by atoms with Crippen molar-refractivity contribution < 1.29 is 18.7 Å². The lowest BCUT2D eigenvalue weighted by Gasteiger charge is -2.25. The Bertz CT molecular complexity index is 978. The van der Waals surface area contributed by atoms with E-state index in [1.165, 1.54) is 30.5 Å². The summed E-state index contributed by atoms with van der Waals surface area (Å²) in [7, 11) is 0. The molecule has 0 saturated carbocycles. The molecule has 2 aromatic heterocycles. The van der Waals surface area contributed by atoms with Gasteiger partial charge in [0.2, 0.25) is 5.88 Å². The van der Waals surface area contributed by atoms with E-state index in [1.807, 2.05) is 12.1 Å². The lowest BCUT2D eigenvalue weighted by Crippen LogP contribution is -2.39. The highest BCUT2D eigenvalue weighted by molar-refractivity contribution is 5.89. The van der Waals surface area contributed by atoms with Gasteiger partial charge in [-0.1, -0.05) is 6.07 Å². The molecule has 1 aliphatic heterocycles. The predicted molar refractivity (Wildman–Crippen MR) is 113 cm³/mol. The Kier molecular flexibility index (Phi) is 6.68. The molecule has 8 heteroatoms. The first-order valence-electron chi connectivity index (χ1n) is 10.1. The standard InChI is InChI=1S/C23H23FN4O3/c24-18-5-8-20(9-6-18)31-22-10-7-19(14-26-22)27-23(29)28(16-21-4-2-12-30-21)15-17-3-1-11-25-13-17/h1,3,5-11,13-14,21H,2,4,12,15-16H2,(H,27,29). The van der Waals surface area contributed by atoms with Crippen LogP contribution >= 0.6 is 0 Å². The second-order valence-electron chi connectivity index (χ2n) is 7.25. The van der Waals surface area contributed by atoms with Crippen LogP contribution < -0.4 is 10.1 Å². The molecule has 160 valence electrons. The molecule has 1 N–H and O–H groups in total. The number of nitrogens with one attached hydrogen (secondary N) is 1. The van der Waals surface area contributed by atoms with Gasteiger partial charge in [0, 0.05) is 38.2 Å². The number of hydrogen-bond donors (Lipinski definition) is 1. The van der Waals surface area contributed by atoms with Crippen molar-refractivity contribution in [2.24, 2.45) is 0 Å². The van der Waals surface area contributed by atoms with Crippen molar-refractivity contribution in [2.45, 2.75) is 25.5 Å². The molecular weight excluding hydrogens is 399 g/mol. The Morgan fingerprint density at radius 1 is 1.19 bits per heavy atom. The van der Waals surface area contributed by atoms with E-state index in [0.717, 1.165) is 25.0 Å². The Morgan fingerprint density at radius 2 is 2.06 bits per heavy atom. The van der Waals surface area contributed by atoms with Crippen LogP contribution in [0.5, 0.6) is 11.6 Å². The summed E-state index contributed by atoms with van der Waals surface area (Å²) >= 11 is 0. The molecule has 1 unspecified atom stereocenters. The summed E-state index contributed by atoms with van der Waals surface area (Å²) in [6.45, 7) is 1.66. The SMILES string of the molecule is O=C(Nc1ccc(Oc2ccc(F)cc2)nc1)N(Cc1cccnc1)CC1CCCO1. The lowest BCUT2D eigenvalue weighted by molar-refractivity contribution is 0.0819. The van der Waals surface area contributed by atoms with Crippen molar-refractivity contribution in [1.29, 1.82) is 0 Å². The molecule has 31 heavy (non-hydrogen) atoms. The quantitative estimate of drug-likeness (QED) is 0.601. The number of carbonyl (C=O) groups is 1. The number of urea groups is 1. The number of ether oxygens (including phenoxy) is 2. The van der Waals surface area contributed by atoms with E-state index in [0.29, 0.717) is 30.4 Å². The van der Waals surface area contributed by atoms with Crippen molar-refractivity contribution in [3.05, 3.63) is 78.5 Å². The lowest BCUT2D eigenvalue weighted by atomic mass is 10.2. The molecular formula is C23H23FN4O3. The van der Waals surface area contributed by atoms with E-state index in [1.54, 1.807) is 29.4 Å². The maximum atomic E-state index is 13.0. The largest absolute Gasteiger partial charge is 0.439 e. The number of halogens is 1. The maximum absolute atomic E-state index is 13.0. The molecule has 3 heterocycles. The maximum Gasteiger partial charge on any atom is 0.322 e. The molecule has 4 rings (SSSR count). The van der Waals surface area contributed by atoms with Gasteiger partial charge in [0.05, 0.1) is 18.0 Å². The number of rotatable bonds is 7. The molecule has 1 fully saturated rings. The smallest absolute Gasteiger partial charge is 0.322 e. The van der Waals surface area contributed by atoms with Crippen LogP contribution in [0.1, 0.15) is 18.4 Å². The summed E-state index contributed by atoms with van der Waals surface area (Å²) in [6, 6.07) is 12.6. The van der Waals surface area contributed by atoms with Crippen LogP contribution in [0, 0.1) is 5.82 Å². The van der Waals surface area contributed by atoms with Gasteiger partial charge >= 0.3 is 6.03 Å². The monoisotopic (exact) mass is 422 g/mol. The normalized spacial score (nSPS) is 15.5. The topological polar surface area (TPSA) is 76.6 Å². The molecule has 1 aliphatic rings. The van der Waals surface area contributed by atoms with Crippen LogP contribution in [0.2, 0.25) is 0 Å². The zero-order valence-corrected chi connectivity index (χ0v) is 16.9. The Hall–Kier alpha value is -3.52. The van der Waals surface area contributed by atoms with Crippen LogP contribution in [0.3, 0.4) is 0 Å². The average molecular weight is 422 g/mol. The molecule has 0 spiro atoms. The van der Waals surface area contributed by atoms with E-state index in [4.69, 9.17) is 9.47 Å². The van der Waals surface area contributed by atoms with Gasteiger partial charge in [0.15, 0.2) is 0 Å². The zero-order valence-electron chi connectivity index (χ0n) is 16.9. The van der Waals surface area contributed by atoms with Crippen LogP contribution in [-0.4, -0.2) is 40.2 Å². The number of nitrogens with zero attached hydrogens (tertiary/aromatic N) is 3. The van der Waals surface area contributed by atoms with Crippen molar-refractivity contribution in [3.8, 4) is 11.6 Å². The minimum atomic E-state index is -0.336. The fourth-order valence-electron chi connectivity index (χ4n) is 3.31. The molecule has 0 aliphatic carbocycles. The number of pyridine rings is 2. The number of aromatic nitrogens is 2. The van der Waals surface area contributed by atoms with E-state index >= 15 is 0 Å². The van der Waals surface area contributed by atoms with Gasteiger partial charge in [0.25, 0.3) is 0 Å². The molecule has 0 radical (unpaired) electrons. The van der Waals surface area contributed by atoms with Gasteiger partial charge in [-0.25, -0.2) is 14.2 Å². The summed E-state index contributed by atoms with van der Waals surface area (Å²) in [6.07, 6.45) is 6.95. The van der Waals surface area contributed by atoms with Crippen LogP contribution in [0.25, 0.3) is 0 Å². The van der Waals surface area contributed by atoms with Gasteiger partial charge < -0.3 is 19.7 Å². The number of carbonyl (C=O) groups excluding carboxylic acids is 1. The van der Waals surface area contributed by atoms with Crippen LogP contribution in [0.15, 0.2) is 67.1 Å². The Balaban J connectivity index is 1.40.